The first-order valence-electron chi connectivity index (χ1n) is 20.1. The van der Waals surface area contributed by atoms with Crippen LogP contribution in [0.1, 0.15) is 12.4 Å². The van der Waals surface area contributed by atoms with Gasteiger partial charge in [0.1, 0.15) is 17.3 Å². The van der Waals surface area contributed by atoms with Crippen molar-refractivity contribution in [2.75, 3.05) is 0 Å². The lowest BCUT2D eigenvalue weighted by atomic mass is 9.95. The first-order chi connectivity index (χ1) is 28.8. The van der Waals surface area contributed by atoms with Gasteiger partial charge in [-0.25, -0.2) is 4.39 Å². The normalized spacial score (nSPS) is 13.1. The van der Waals surface area contributed by atoms with Gasteiger partial charge in [-0.2, -0.15) is 5.26 Å². The number of hydrogen-bond donors (Lipinski definition) is 0. The van der Waals surface area contributed by atoms with Gasteiger partial charge in [-0.15, -0.1) is 0 Å². The Kier molecular flexibility index (Phi) is 5.46. The fourth-order valence-electron chi connectivity index (χ4n) is 8.53. The summed E-state index contributed by atoms with van der Waals surface area (Å²) in [7, 11) is 0. The van der Waals surface area contributed by atoms with E-state index in [0.717, 1.165) is 43.4 Å². The highest BCUT2D eigenvalue weighted by atomic mass is 19.1. The number of para-hydroxylation sites is 6. The molecule has 0 unspecified atom stereocenters. The molecule has 54 heavy (non-hydrogen) atoms. The highest BCUT2D eigenvalue weighted by Gasteiger charge is 2.33. The third-order valence-electron chi connectivity index (χ3n) is 10.6. The Balaban J connectivity index is 1.51. The van der Waals surface area contributed by atoms with Gasteiger partial charge in [-0.1, -0.05) is 139 Å². The van der Waals surface area contributed by atoms with E-state index in [1.165, 1.54) is 0 Å². The van der Waals surface area contributed by atoms with Gasteiger partial charge in [0, 0.05) is 37.9 Å². The van der Waals surface area contributed by atoms with Crippen molar-refractivity contribution in [3.63, 3.8) is 0 Å². The van der Waals surface area contributed by atoms with Gasteiger partial charge in [0.05, 0.1) is 51.3 Å². The molecule has 252 valence electrons. The number of fused-ring (bicyclic) bond motifs is 9. The summed E-state index contributed by atoms with van der Waals surface area (Å²) in [6, 6.07) is 45.8. The van der Waals surface area contributed by atoms with E-state index in [1.807, 2.05) is 155 Å². The van der Waals surface area contributed by atoms with E-state index in [9.17, 15) is 8.00 Å². The van der Waals surface area contributed by atoms with Crippen LogP contribution in [-0.4, -0.2) is 13.7 Å². The van der Waals surface area contributed by atoms with Crippen LogP contribution in [-0.2, 0) is 0 Å². The van der Waals surface area contributed by atoms with E-state index in [4.69, 9.17) is 4.11 Å². The van der Waals surface area contributed by atoms with Gasteiger partial charge in [-0.05, 0) is 42.0 Å². The molecule has 0 saturated carbocycles. The number of nitriles is 1. The molecule has 5 heteroatoms. The first kappa shape index (κ1) is 25.5. The minimum Gasteiger partial charge on any atom is -0.306 e. The lowest BCUT2D eigenvalue weighted by Gasteiger charge is -2.25. The second-order valence-corrected chi connectivity index (χ2v) is 13.3. The molecular weight excluding hydrogens is 664 g/mol. The standard InChI is InChI=1S/C49H29FN4/c50-46-45(31-16-2-1-3-17-31)49(54-43-28-14-8-22-36(43)37-23-9-15-29-44(37)54)48(53-41-26-12-6-20-34(41)35-21-7-13-27-42(35)53)38(30-51)47(46)52-39-24-10-4-18-32(39)33-19-5-11-25-40(33)52/h1-29H/i1D,2D,3D,16D,17D. The molecule has 0 saturated heterocycles. The van der Waals surface area contributed by atoms with Crippen LogP contribution in [0.3, 0.4) is 0 Å². The minimum absolute atomic E-state index is 0.00603. The van der Waals surface area contributed by atoms with E-state index in [-0.39, 0.29) is 33.8 Å². The Bertz CT molecular complexity index is 3480. The lowest BCUT2D eigenvalue weighted by molar-refractivity contribution is 0.622. The van der Waals surface area contributed by atoms with Crippen molar-refractivity contribution in [2.24, 2.45) is 0 Å². The molecule has 11 rings (SSSR count). The summed E-state index contributed by atoms with van der Waals surface area (Å²) in [5.41, 5.74) is 3.87. The zero-order chi connectivity index (χ0) is 40.3. The van der Waals surface area contributed by atoms with Crippen molar-refractivity contribution in [1.29, 1.82) is 5.26 Å². The average molecular weight is 698 g/mol. The van der Waals surface area contributed by atoms with Crippen LogP contribution in [0, 0.1) is 17.1 Å². The number of rotatable bonds is 4. The zero-order valence-corrected chi connectivity index (χ0v) is 28.5. The van der Waals surface area contributed by atoms with E-state index in [0.29, 0.717) is 22.1 Å². The van der Waals surface area contributed by atoms with E-state index >= 15 is 4.39 Å². The molecule has 0 amide bonds. The number of benzene rings is 8. The van der Waals surface area contributed by atoms with Crippen molar-refractivity contribution >= 4 is 65.4 Å². The number of hydrogen-bond acceptors (Lipinski definition) is 1. The van der Waals surface area contributed by atoms with Crippen LogP contribution in [0.4, 0.5) is 4.39 Å². The van der Waals surface area contributed by atoms with Crippen LogP contribution >= 0.6 is 0 Å². The molecular formula is C49H29FN4. The molecule has 3 aromatic heterocycles. The highest BCUT2D eigenvalue weighted by Crippen LogP contribution is 2.48. The monoisotopic (exact) mass is 697 g/mol. The molecule has 0 spiro atoms. The van der Waals surface area contributed by atoms with Crippen LogP contribution in [0.2, 0.25) is 0 Å². The number of halogens is 1. The van der Waals surface area contributed by atoms with Crippen molar-refractivity contribution in [1.82, 2.24) is 13.7 Å². The Hall–Kier alpha value is -7.42. The van der Waals surface area contributed by atoms with Crippen molar-refractivity contribution in [3.05, 3.63) is 187 Å². The lowest BCUT2D eigenvalue weighted by Crippen LogP contribution is -2.14. The number of aromatic nitrogens is 3. The van der Waals surface area contributed by atoms with Gasteiger partial charge in [-0.3, -0.25) is 0 Å². The second kappa shape index (κ2) is 11.5. The van der Waals surface area contributed by atoms with Crippen molar-refractivity contribution < 1.29 is 11.2 Å². The summed E-state index contributed by atoms with van der Waals surface area (Å²) in [5, 5.41) is 16.9. The molecule has 3 heterocycles. The fraction of sp³-hybridized carbons (Fsp3) is 0. The van der Waals surface area contributed by atoms with Gasteiger partial charge in [0.2, 0.25) is 0 Å². The summed E-state index contributed by atoms with van der Waals surface area (Å²) < 4.78 is 69.8. The largest absolute Gasteiger partial charge is 0.306 e. The molecule has 0 atom stereocenters. The topological polar surface area (TPSA) is 38.6 Å². The zero-order valence-electron chi connectivity index (χ0n) is 33.5. The quantitative estimate of drug-likeness (QED) is 0.180. The van der Waals surface area contributed by atoms with Crippen LogP contribution < -0.4 is 0 Å². The molecule has 0 aliphatic carbocycles. The molecule has 0 fully saturated rings. The van der Waals surface area contributed by atoms with Gasteiger partial charge >= 0.3 is 0 Å². The third-order valence-corrected chi connectivity index (χ3v) is 10.6. The van der Waals surface area contributed by atoms with Crippen molar-refractivity contribution in [3.8, 4) is 34.3 Å². The molecule has 0 aliphatic heterocycles. The van der Waals surface area contributed by atoms with Crippen molar-refractivity contribution in [2.45, 2.75) is 0 Å². The Morgan fingerprint density at radius 3 is 1.09 bits per heavy atom. The molecule has 4 nitrogen and oxygen atoms in total. The summed E-state index contributed by atoms with van der Waals surface area (Å²) in [4.78, 5) is 0. The highest BCUT2D eigenvalue weighted by molar-refractivity contribution is 6.14. The Labute approximate surface area is 316 Å². The minimum atomic E-state index is -0.909. The first-order valence-corrected chi connectivity index (χ1v) is 17.6. The summed E-state index contributed by atoms with van der Waals surface area (Å²) >= 11 is 0. The maximum atomic E-state index is 19.1. The van der Waals surface area contributed by atoms with Gasteiger partial charge in [0.15, 0.2) is 5.82 Å². The second-order valence-electron chi connectivity index (χ2n) is 13.3. The maximum Gasteiger partial charge on any atom is 0.158 e. The molecule has 0 radical (unpaired) electrons. The van der Waals surface area contributed by atoms with E-state index in [2.05, 4.69) is 6.07 Å². The Morgan fingerprint density at radius 2 is 0.741 bits per heavy atom. The molecule has 8 aromatic carbocycles. The Morgan fingerprint density at radius 1 is 0.426 bits per heavy atom. The maximum absolute atomic E-state index is 19.1. The SMILES string of the molecule is [2H]c1c([2H])c([2H])c(-c2c(F)c(-n3c4ccccc4c4ccccc43)c(C#N)c(-n3c4ccccc4c4ccccc43)c2-n2c3ccccc3c3ccccc32)c([2H])c1[2H]. The van der Waals surface area contributed by atoms with Gasteiger partial charge < -0.3 is 13.7 Å². The van der Waals surface area contributed by atoms with Crippen LogP contribution in [0.25, 0.3) is 93.6 Å². The smallest absolute Gasteiger partial charge is 0.158 e. The molecule has 0 bridgehead atoms. The predicted octanol–water partition coefficient (Wildman–Crippen LogP) is 12.7. The van der Waals surface area contributed by atoms with E-state index < -0.39 is 36.0 Å². The summed E-state index contributed by atoms with van der Waals surface area (Å²) in [6.07, 6.45) is 0. The molecule has 11 aromatic rings. The third kappa shape index (κ3) is 4.05. The molecule has 0 N–H and O–H groups in total. The van der Waals surface area contributed by atoms with E-state index in [1.54, 1.807) is 4.57 Å². The fourth-order valence-corrected chi connectivity index (χ4v) is 8.53. The van der Waals surface area contributed by atoms with Crippen LogP contribution in [0.5, 0.6) is 0 Å². The van der Waals surface area contributed by atoms with Crippen LogP contribution in [0.15, 0.2) is 176 Å². The predicted molar refractivity (Wildman–Crippen MR) is 220 cm³/mol. The summed E-state index contributed by atoms with van der Waals surface area (Å²) in [6.45, 7) is 0. The number of nitrogens with zero attached hydrogens (tertiary/aromatic N) is 4. The average Bonchev–Trinajstić information content (AvgIpc) is 3.91. The van der Waals surface area contributed by atoms with Gasteiger partial charge in [0.25, 0.3) is 0 Å². The summed E-state index contributed by atoms with van der Waals surface area (Å²) in [5.74, 6) is -0.909. The molecule has 0 aliphatic rings.